The molecule has 0 fully saturated rings. The summed E-state index contributed by atoms with van der Waals surface area (Å²) in [5.74, 6) is -1.79. The Morgan fingerprint density at radius 2 is 1.77 bits per heavy atom. The number of amides is 1. The molecule has 1 atom stereocenters. The molecule has 0 aliphatic carbocycles. The van der Waals surface area contributed by atoms with Crippen LogP contribution >= 0.6 is 11.6 Å². The number of carbonyl (C=O) groups is 2. The summed E-state index contributed by atoms with van der Waals surface area (Å²) in [7, 11) is 2.83. The van der Waals surface area contributed by atoms with Crippen LogP contribution in [0, 0.1) is 0 Å². The molecule has 0 bridgehead atoms. The van der Waals surface area contributed by atoms with Gasteiger partial charge in [-0.05, 0) is 42.0 Å². The van der Waals surface area contributed by atoms with Crippen molar-refractivity contribution < 1.29 is 29.3 Å². The van der Waals surface area contributed by atoms with Gasteiger partial charge in [-0.25, -0.2) is 4.79 Å². The number of aromatic carboxylic acids is 1. The van der Waals surface area contributed by atoms with Crippen LogP contribution in [0.25, 0.3) is 5.69 Å². The Bertz CT molecular complexity index is 1160. The number of carboxylic acid groups (broad SMARTS) is 1. The first-order valence-corrected chi connectivity index (χ1v) is 9.71. The van der Waals surface area contributed by atoms with E-state index in [2.05, 4.69) is 5.32 Å². The molecule has 8 nitrogen and oxygen atoms in total. The van der Waals surface area contributed by atoms with Crippen LogP contribution in [0.2, 0.25) is 5.02 Å². The van der Waals surface area contributed by atoms with Crippen molar-refractivity contribution in [3.63, 3.8) is 0 Å². The zero-order valence-corrected chi connectivity index (χ0v) is 17.4. The molecule has 0 saturated carbocycles. The van der Waals surface area contributed by atoms with Crippen LogP contribution in [0.3, 0.4) is 0 Å². The Morgan fingerprint density at radius 1 is 1.16 bits per heavy atom. The van der Waals surface area contributed by atoms with Gasteiger partial charge in [0.1, 0.15) is 5.56 Å². The Labute approximate surface area is 182 Å². The normalized spacial score (nSPS) is 15.2. The van der Waals surface area contributed by atoms with Gasteiger partial charge in [0.05, 0.1) is 25.6 Å². The lowest BCUT2D eigenvalue weighted by atomic mass is 9.87. The fourth-order valence-electron chi connectivity index (χ4n) is 3.84. The fraction of sp³-hybridized carbons (Fsp3) is 0.182. The number of carboxylic acids is 1. The van der Waals surface area contributed by atoms with Crippen LogP contribution in [0.5, 0.6) is 17.2 Å². The van der Waals surface area contributed by atoms with E-state index < -0.39 is 11.9 Å². The molecule has 1 aromatic heterocycles. The van der Waals surface area contributed by atoms with Crippen molar-refractivity contribution in [3.05, 3.63) is 64.4 Å². The molecule has 1 aliphatic rings. The highest BCUT2D eigenvalue weighted by molar-refractivity contribution is 6.30. The van der Waals surface area contributed by atoms with Gasteiger partial charge in [-0.2, -0.15) is 0 Å². The van der Waals surface area contributed by atoms with Gasteiger partial charge in [0, 0.05) is 29.2 Å². The number of ether oxygens (including phenoxy) is 2. The second-order valence-corrected chi connectivity index (χ2v) is 7.47. The lowest BCUT2D eigenvalue weighted by molar-refractivity contribution is -0.116. The summed E-state index contributed by atoms with van der Waals surface area (Å²) in [4.78, 5) is 24.4. The average molecular weight is 443 g/mol. The Balaban J connectivity index is 1.98. The lowest BCUT2D eigenvalue weighted by Crippen LogP contribution is -2.25. The molecule has 4 rings (SSSR count). The number of benzene rings is 2. The number of aromatic nitrogens is 1. The van der Waals surface area contributed by atoms with Crippen molar-refractivity contribution in [1.82, 2.24) is 4.57 Å². The summed E-state index contributed by atoms with van der Waals surface area (Å²) >= 11 is 6.01. The first kappa shape index (κ1) is 20.6. The number of carbonyl (C=O) groups excluding carboxylic acids is 1. The van der Waals surface area contributed by atoms with E-state index in [9.17, 15) is 19.8 Å². The summed E-state index contributed by atoms with van der Waals surface area (Å²) in [6, 6.07) is 10.2. The summed E-state index contributed by atoms with van der Waals surface area (Å²) in [6.07, 6.45) is 1.55. The number of hydrogen-bond acceptors (Lipinski definition) is 5. The topological polar surface area (TPSA) is 110 Å². The van der Waals surface area contributed by atoms with Gasteiger partial charge < -0.3 is 29.6 Å². The number of methoxy groups -OCH3 is 2. The third kappa shape index (κ3) is 3.55. The van der Waals surface area contributed by atoms with Gasteiger partial charge in [-0.1, -0.05) is 11.6 Å². The predicted octanol–water partition coefficient (Wildman–Crippen LogP) is 4.03. The number of rotatable bonds is 5. The number of hydrogen-bond donors (Lipinski definition) is 3. The second kappa shape index (κ2) is 7.88. The summed E-state index contributed by atoms with van der Waals surface area (Å²) < 4.78 is 12.2. The number of phenols is 1. The maximum atomic E-state index is 12.5. The van der Waals surface area contributed by atoms with Crippen molar-refractivity contribution in [2.75, 3.05) is 19.5 Å². The molecule has 31 heavy (non-hydrogen) atoms. The molecule has 2 aromatic carbocycles. The quantitative estimate of drug-likeness (QED) is 0.550. The van der Waals surface area contributed by atoms with E-state index in [1.54, 1.807) is 41.0 Å². The Kier molecular flexibility index (Phi) is 5.24. The monoisotopic (exact) mass is 442 g/mol. The molecule has 3 N–H and O–H groups in total. The van der Waals surface area contributed by atoms with Crippen LogP contribution < -0.4 is 14.8 Å². The van der Waals surface area contributed by atoms with Gasteiger partial charge in [-0.3, -0.25) is 4.79 Å². The minimum Gasteiger partial charge on any atom is -0.502 e. The van der Waals surface area contributed by atoms with Crippen LogP contribution in [0.4, 0.5) is 5.69 Å². The molecule has 1 amide bonds. The molecule has 1 aliphatic heterocycles. The maximum Gasteiger partial charge on any atom is 0.339 e. The third-order valence-corrected chi connectivity index (χ3v) is 5.52. The number of nitrogens with zero attached hydrogens (tertiary/aromatic N) is 1. The number of anilines is 1. The summed E-state index contributed by atoms with van der Waals surface area (Å²) in [5.41, 5.74) is 2.12. The molecule has 3 aromatic rings. The van der Waals surface area contributed by atoms with Crippen LogP contribution in [0.1, 0.15) is 34.0 Å². The second-order valence-electron chi connectivity index (χ2n) is 7.03. The van der Waals surface area contributed by atoms with E-state index in [4.69, 9.17) is 21.1 Å². The zero-order chi connectivity index (χ0) is 22.3. The van der Waals surface area contributed by atoms with E-state index in [0.717, 1.165) is 0 Å². The molecular formula is C22H19ClN2O6. The summed E-state index contributed by atoms with van der Waals surface area (Å²) in [6.45, 7) is 0. The Morgan fingerprint density at radius 3 is 2.32 bits per heavy atom. The van der Waals surface area contributed by atoms with Crippen molar-refractivity contribution in [2.24, 2.45) is 0 Å². The lowest BCUT2D eigenvalue weighted by Gasteiger charge is -2.27. The zero-order valence-electron chi connectivity index (χ0n) is 16.7. The highest BCUT2D eigenvalue weighted by atomic mass is 35.5. The van der Waals surface area contributed by atoms with Crippen molar-refractivity contribution >= 4 is 29.2 Å². The van der Waals surface area contributed by atoms with Gasteiger partial charge in [0.2, 0.25) is 11.7 Å². The van der Waals surface area contributed by atoms with E-state index >= 15 is 0 Å². The highest BCUT2D eigenvalue weighted by Gasteiger charge is 2.35. The molecule has 2 heterocycles. The van der Waals surface area contributed by atoms with Gasteiger partial charge in [-0.15, -0.1) is 0 Å². The minimum atomic E-state index is -1.16. The molecule has 0 spiro atoms. The smallest absolute Gasteiger partial charge is 0.339 e. The molecule has 0 saturated heterocycles. The van der Waals surface area contributed by atoms with Crippen molar-refractivity contribution in [1.29, 1.82) is 0 Å². The van der Waals surface area contributed by atoms with Crippen molar-refractivity contribution in [2.45, 2.75) is 12.3 Å². The molecule has 0 radical (unpaired) electrons. The largest absolute Gasteiger partial charge is 0.502 e. The number of halogens is 1. The van der Waals surface area contributed by atoms with Gasteiger partial charge in [0.25, 0.3) is 0 Å². The van der Waals surface area contributed by atoms with E-state index in [0.29, 0.717) is 22.0 Å². The molecule has 9 heteroatoms. The standard InChI is InChI=1S/C22H19ClN2O6/c1-30-16-7-11(8-17(31-2)21(16)27)14-9-18(26)24-19-15(22(28)29)10-25(20(14)19)13-5-3-12(23)4-6-13/h3-8,10,14,27H,9H2,1-2H3,(H,24,26)(H,28,29)/t14-/m0/s1. The SMILES string of the molecule is COc1cc([C@@H]2CC(=O)Nc3c(C(=O)O)cn(-c4ccc(Cl)cc4)c32)cc(OC)c1O. The van der Waals surface area contributed by atoms with Crippen molar-refractivity contribution in [3.8, 4) is 22.9 Å². The predicted molar refractivity (Wildman–Crippen MR) is 114 cm³/mol. The number of fused-ring (bicyclic) bond motifs is 1. The molecule has 160 valence electrons. The highest BCUT2D eigenvalue weighted by Crippen LogP contribution is 2.46. The average Bonchev–Trinajstić information content (AvgIpc) is 3.13. The number of phenolic OH excluding ortho intramolecular Hbond substituents is 1. The minimum absolute atomic E-state index is 0.0271. The van der Waals surface area contributed by atoms with E-state index in [-0.39, 0.29) is 40.8 Å². The first-order chi connectivity index (χ1) is 14.8. The molecule has 0 unspecified atom stereocenters. The molecular weight excluding hydrogens is 424 g/mol. The third-order valence-electron chi connectivity index (χ3n) is 5.27. The van der Waals surface area contributed by atoms with E-state index in [1.165, 1.54) is 20.4 Å². The maximum absolute atomic E-state index is 12.5. The van der Waals surface area contributed by atoms with E-state index in [1.807, 2.05) is 0 Å². The Hall–Kier alpha value is -3.65. The number of nitrogens with one attached hydrogen (secondary N) is 1. The van der Waals surface area contributed by atoms with Gasteiger partial charge >= 0.3 is 5.97 Å². The fourth-order valence-corrected chi connectivity index (χ4v) is 3.96. The summed E-state index contributed by atoms with van der Waals surface area (Å²) in [5, 5.41) is 23.2. The van der Waals surface area contributed by atoms with Crippen LogP contribution in [0.15, 0.2) is 42.6 Å². The first-order valence-electron chi connectivity index (χ1n) is 9.33. The number of aromatic hydroxyl groups is 1. The van der Waals surface area contributed by atoms with Gasteiger partial charge in [0.15, 0.2) is 11.5 Å². The van der Waals surface area contributed by atoms with Crippen LogP contribution in [-0.2, 0) is 4.79 Å². The van der Waals surface area contributed by atoms with Crippen LogP contribution in [-0.4, -0.2) is 40.9 Å².